The van der Waals surface area contributed by atoms with Crippen LogP contribution in [0.2, 0.25) is 0 Å². The minimum absolute atomic E-state index is 0.00287. The average Bonchev–Trinajstić information content (AvgIpc) is 3.15. The lowest BCUT2D eigenvalue weighted by Gasteiger charge is -2.33. The van der Waals surface area contributed by atoms with E-state index in [-0.39, 0.29) is 11.8 Å². The molecule has 3 aliphatic rings. The standard InChI is InChI=1S/C22H22N2O2S/c1-14(2)15-8-10-17(11-9-15)24-19(25)13-27-22(24)18-7-3-5-16-6-4-12-23(20(16)18)21(22)26/h3,5,7-11,14H,4,6,12-13H2,1-2H3/t22-/m0/s1. The minimum atomic E-state index is -0.952. The number of fused-ring (bicyclic) bond motifs is 1. The quantitative estimate of drug-likeness (QED) is 0.792. The average molecular weight is 378 g/mol. The molecule has 2 aromatic rings. The maximum atomic E-state index is 13.6. The van der Waals surface area contributed by atoms with E-state index in [1.807, 2.05) is 29.2 Å². The van der Waals surface area contributed by atoms with Crippen molar-refractivity contribution in [1.82, 2.24) is 0 Å². The van der Waals surface area contributed by atoms with Crippen LogP contribution in [0, 0.1) is 0 Å². The summed E-state index contributed by atoms with van der Waals surface area (Å²) in [4.78, 5) is 29.3. The third-order valence-electron chi connectivity index (χ3n) is 5.90. The fraction of sp³-hybridized carbons (Fsp3) is 0.364. The van der Waals surface area contributed by atoms with E-state index in [1.54, 1.807) is 4.90 Å². The highest BCUT2D eigenvalue weighted by atomic mass is 32.2. The predicted molar refractivity (Wildman–Crippen MR) is 109 cm³/mol. The molecule has 0 aliphatic carbocycles. The van der Waals surface area contributed by atoms with Gasteiger partial charge in [0, 0.05) is 17.8 Å². The van der Waals surface area contributed by atoms with Gasteiger partial charge >= 0.3 is 0 Å². The molecule has 0 radical (unpaired) electrons. The Morgan fingerprint density at radius 1 is 1.07 bits per heavy atom. The third kappa shape index (κ3) is 2.18. The summed E-state index contributed by atoms with van der Waals surface area (Å²) in [5.41, 5.74) is 5.28. The fourth-order valence-electron chi connectivity index (χ4n) is 4.59. The van der Waals surface area contributed by atoms with Crippen LogP contribution in [0.15, 0.2) is 42.5 Å². The van der Waals surface area contributed by atoms with Gasteiger partial charge in [0.2, 0.25) is 10.8 Å². The molecule has 0 aromatic heterocycles. The van der Waals surface area contributed by atoms with E-state index in [2.05, 4.69) is 32.0 Å². The van der Waals surface area contributed by atoms with E-state index >= 15 is 0 Å². The van der Waals surface area contributed by atoms with E-state index in [9.17, 15) is 9.59 Å². The molecule has 5 rings (SSSR count). The number of amides is 2. The number of para-hydroxylation sites is 1. The number of thioether (sulfide) groups is 1. The lowest BCUT2D eigenvalue weighted by Crippen LogP contribution is -2.50. The largest absolute Gasteiger partial charge is 0.309 e. The summed E-state index contributed by atoms with van der Waals surface area (Å²) in [6.07, 6.45) is 1.96. The van der Waals surface area contributed by atoms with Crippen molar-refractivity contribution in [3.05, 3.63) is 59.2 Å². The van der Waals surface area contributed by atoms with Crippen LogP contribution in [0.5, 0.6) is 0 Å². The molecule has 27 heavy (non-hydrogen) atoms. The minimum Gasteiger partial charge on any atom is -0.309 e. The Balaban J connectivity index is 1.68. The number of benzene rings is 2. The summed E-state index contributed by atoms with van der Waals surface area (Å²) in [5.74, 6) is 0.795. The Morgan fingerprint density at radius 2 is 1.85 bits per heavy atom. The molecular formula is C22H22N2O2S. The predicted octanol–water partition coefficient (Wildman–Crippen LogP) is 4.04. The van der Waals surface area contributed by atoms with E-state index in [4.69, 9.17) is 0 Å². The van der Waals surface area contributed by atoms with Gasteiger partial charge in [-0.25, -0.2) is 0 Å². The molecule has 0 saturated carbocycles. The number of hydrogen-bond donors (Lipinski definition) is 0. The zero-order chi connectivity index (χ0) is 18.8. The monoisotopic (exact) mass is 378 g/mol. The molecule has 5 heteroatoms. The van der Waals surface area contributed by atoms with Crippen molar-refractivity contribution in [1.29, 1.82) is 0 Å². The van der Waals surface area contributed by atoms with Gasteiger partial charge in [0.25, 0.3) is 5.91 Å². The maximum absolute atomic E-state index is 13.6. The summed E-state index contributed by atoms with van der Waals surface area (Å²) >= 11 is 1.47. The number of anilines is 2. The summed E-state index contributed by atoms with van der Waals surface area (Å²) in [7, 11) is 0. The van der Waals surface area contributed by atoms with Crippen LogP contribution < -0.4 is 9.80 Å². The zero-order valence-corrected chi connectivity index (χ0v) is 16.4. The van der Waals surface area contributed by atoms with Crippen molar-refractivity contribution in [2.75, 3.05) is 22.1 Å². The Bertz CT molecular complexity index is 953. The number of carbonyl (C=O) groups excluding carboxylic acids is 2. The summed E-state index contributed by atoms with van der Waals surface area (Å²) < 4.78 is 0. The molecule has 0 bridgehead atoms. The Kier molecular flexibility index (Phi) is 3.66. The van der Waals surface area contributed by atoms with Gasteiger partial charge in [0.05, 0.1) is 11.4 Å². The van der Waals surface area contributed by atoms with Crippen LogP contribution in [0.4, 0.5) is 11.4 Å². The molecule has 138 valence electrons. The SMILES string of the molecule is CC(C)c1ccc(N2C(=O)CS[C@@]23C(=O)N2CCCc4cccc3c42)cc1. The molecule has 2 amide bonds. The first kappa shape index (κ1) is 16.9. The van der Waals surface area contributed by atoms with Gasteiger partial charge in [-0.05, 0) is 42.0 Å². The topological polar surface area (TPSA) is 40.6 Å². The van der Waals surface area contributed by atoms with Crippen molar-refractivity contribution in [2.24, 2.45) is 0 Å². The molecule has 1 fully saturated rings. The first-order valence-electron chi connectivity index (χ1n) is 9.55. The first-order valence-corrected chi connectivity index (χ1v) is 10.5. The van der Waals surface area contributed by atoms with Crippen molar-refractivity contribution in [3.8, 4) is 0 Å². The number of nitrogens with zero attached hydrogens (tertiary/aromatic N) is 2. The molecule has 4 nitrogen and oxygen atoms in total. The van der Waals surface area contributed by atoms with E-state index in [0.29, 0.717) is 11.7 Å². The second kappa shape index (κ2) is 5.86. The molecule has 0 N–H and O–H groups in total. The summed E-state index contributed by atoms with van der Waals surface area (Å²) in [6, 6.07) is 14.3. The molecule has 3 aliphatic heterocycles. The highest BCUT2D eigenvalue weighted by molar-refractivity contribution is 8.02. The maximum Gasteiger partial charge on any atom is 0.268 e. The second-order valence-electron chi connectivity index (χ2n) is 7.78. The van der Waals surface area contributed by atoms with Crippen LogP contribution in [0.3, 0.4) is 0 Å². The van der Waals surface area contributed by atoms with Gasteiger partial charge in [-0.3, -0.25) is 14.5 Å². The molecule has 3 heterocycles. The highest BCUT2D eigenvalue weighted by Crippen LogP contribution is 2.57. The van der Waals surface area contributed by atoms with E-state index in [1.165, 1.54) is 22.9 Å². The Hall–Kier alpha value is -2.27. The number of carbonyl (C=O) groups is 2. The lowest BCUT2D eigenvalue weighted by atomic mass is 9.97. The Morgan fingerprint density at radius 3 is 2.59 bits per heavy atom. The molecule has 2 aromatic carbocycles. The molecule has 1 atom stereocenters. The fourth-order valence-corrected chi connectivity index (χ4v) is 5.94. The van der Waals surface area contributed by atoms with Gasteiger partial charge in [-0.1, -0.05) is 44.2 Å². The van der Waals surface area contributed by atoms with Crippen molar-refractivity contribution in [3.63, 3.8) is 0 Å². The number of rotatable bonds is 2. The van der Waals surface area contributed by atoms with Crippen LogP contribution in [-0.4, -0.2) is 24.1 Å². The van der Waals surface area contributed by atoms with Gasteiger partial charge < -0.3 is 4.90 Å². The van der Waals surface area contributed by atoms with Crippen LogP contribution in [-0.2, 0) is 20.9 Å². The second-order valence-corrected chi connectivity index (χ2v) is 8.95. The first-order chi connectivity index (χ1) is 13.0. The van der Waals surface area contributed by atoms with Crippen molar-refractivity contribution < 1.29 is 9.59 Å². The van der Waals surface area contributed by atoms with E-state index in [0.717, 1.165) is 36.3 Å². The molecular weight excluding hydrogens is 356 g/mol. The zero-order valence-electron chi connectivity index (χ0n) is 15.6. The van der Waals surface area contributed by atoms with Crippen molar-refractivity contribution in [2.45, 2.75) is 37.5 Å². The molecule has 1 spiro atoms. The number of aryl methyl sites for hydroxylation is 1. The summed E-state index contributed by atoms with van der Waals surface area (Å²) in [6.45, 7) is 5.04. The van der Waals surface area contributed by atoms with Gasteiger partial charge in [0.1, 0.15) is 0 Å². The van der Waals surface area contributed by atoms with E-state index < -0.39 is 4.87 Å². The molecule has 0 unspecified atom stereocenters. The van der Waals surface area contributed by atoms with Crippen LogP contribution >= 0.6 is 11.8 Å². The van der Waals surface area contributed by atoms with Crippen LogP contribution in [0.1, 0.15) is 42.9 Å². The van der Waals surface area contributed by atoms with Crippen LogP contribution in [0.25, 0.3) is 0 Å². The smallest absolute Gasteiger partial charge is 0.268 e. The lowest BCUT2D eigenvalue weighted by molar-refractivity contribution is -0.123. The third-order valence-corrected chi connectivity index (χ3v) is 7.29. The normalized spacial score (nSPS) is 23.7. The van der Waals surface area contributed by atoms with Gasteiger partial charge in [0.15, 0.2) is 0 Å². The summed E-state index contributed by atoms with van der Waals surface area (Å²) in [5, 5.41) is 0. The molecule has 1 saturated heterocycles. The number of hydrogen-bond acceptors (Lipinski definition) is 3. The van der Waals surface area contributed by atoms with Gasteiger partial charge in [-0.2, -0.15) is 0 Å². The Labute approximate surface area is 163 Å². The van der Waals surface area contributed by atoms with Crippen molar-refractivity contribution >= 4 is 35.0 Å². The highest BCUT2D eigenvalue weighted by Gasteiger charge is 2.61. The van der Waals surface area contributed by atoms with Gasteiger partial charge in [-0.15, -0.1) is 11.8 Å².